The second-order valence-corrected chi connectivity index (χ2v) is 6.41. The summed E-state index contributed by atoms with van der Waals surface area (Å²) in [4.78, 5) is 12.4. The Labute approximate surface area is 154 Å². The molecule has 0 heterocycles. The van der Waals surface area contributed by atoms with Crippen molar-refractivity contribution < 1.29 is 19.0 Å². The second kappa shape index (κ2) is 8.61. The number of hydrogen-bond donors (Lipinski definition) is 1. The van der Waals surface area contributed by atoms with E-state index in [1.165, 1.54) is 12.8 Å². The molecule has 3 rings (SSSR count). The summed E-state index contributed by atoms with van der Waals surface area (Å²) in [5, 5.41) is 2.92. The van der Waals surface area contributed by atoms with Crippen LogP contribution in [0.2, 0.25) is 0 Å². The summed E-state index contributed by atoms with van der Waals surface area (Å²) < 4.78 is 16.5. The van der Waals surface area contributed by atoms with Gasteiger partial charge in [-0.05, 0) is 68.1 Å². The third-order valence-electron chi connectivity index (χ3n) is 4.65. The van der Waals surface area contributed by atoms with Crippen LogP contribution in [0.15, 0.2) is 42.5 Å². The smallest absolute Gasteiger partial charge is 0.251 e. The number of ether oxygens (including phenoxy) is 3. The lowest BCUT2D eigenvalue weighted by Crippen LogP contribution is -2.23. The van der Waals surface area contributed by atoms with E-state index in [0.717, 1.165) is 29.9 Å². The fourth-order valence-electron chi connectivity index (χ4n) is 3.18. The van der Waals surface area contributed by atoms with Gasteiger partial charge in [-0.3, -0.25) is 4.79 Å². The molecule has 2 aromatic carbocycles. The maximum atomic E-state index is 12.4. The largest absolute Gasteiger partial charge is 0.497 e. The zero-order chi connectivity index (χ0) is 18.4. The Morgan fingerprint density at radius 1 is 1.00 bits per heavy atom. The van der Waals surface area contributed by atoms with E-state index in [4.69, 9.17) is 14.2 Å². The molecular formula is C21H25NO4. The molecule has 5 heteroatoms. The fourth-order valence-corrected chi connectivity index (χ4v) is 3.18. The Morgan fingerprint density at radius 2 is 1.69 bits per heavy atom. The van der Waals surface area contributed by atoms with Crippen LogP contribution in [0, 0.1) is 0 Å². The van der Waals surface area contributed by atoms with Crippen LogP contribution in [0.25, 0.3) is 0 Å². The molecule has 1 amide bonds. The minimum Gasteiger partial charge on any atom is -0.497 e. The zero-order valence-electron chi connectivity index (χ0n) is 15.3. The monoisotopic (exact) mass is 355 g/mol. The van der Waals surface area contributed by atoms with Crippen LogP contribution in [0.4, 0.5) is 0 Å². The summed E-state index contributed by atoms with van der Waals surface area (Å²) in [6, 6.07) is 12.8. The van der Waals surface area contributed by atoms with Gasteiger partial charge in [-0.2, -0.15) is 0 Å². The minimum absolute atomic E-state index is 0.137. The Balaban J connectivity index is 1.59. The Hall–Kier alpha value is -2.69. The molecule has 2 aromatic rings. The van der Waals surface area contributed by atoms with E-state index >= 15 is 0 Å². The molecule has 26 heavy (non-hydrogen) atoms. The van der Waals surface area contributed by atoms with Gasteiger partial charge in [0.05, 0.1) is 20.3 Å². The average molecular weight is 355 g/mol. The first-order chi connectivity index (χ1) is 12.7. The maximum Gasteiger partial charge on any atom is 0.251 e. The van der Waals surface area contributed by atoms with Crippen LogP contribution in [-0.4, -0.2) is 26.2 Å². The van der Waals surface area contributed by atoms with Gasteiger partial charge in [0.15, 0.2) is 0 Å². The van der Waals surface area contributed by atoms with Gasteiger partial charge in [-0.15, -0.1) is 0 Å². The lowest BCUT2D eigenvalue weighted by molar-refractivity contribution is 0.0950. The number of carbonyl (C=O) groups excluding carboxylic acids is 1. The van der Waals surface area contributed by atoms with Crippen LogP contribution in [0.3, 0.4) is 0 Å². The first-order valence-electron chi connectivity index (χ1n) is 8.95. The number of hydrogen-bond acceptors (Lipinski definition) is 4. The van der Waals surface area contributed by atoms with Crippen LogP contribution in [0.1, 0.15) is 41.6 Å². The SMILES string of the molecule is COc1ccc(OC)c(CNC(=O)c2ccc(OC3CCCC3)cc2)c1. The predicted molar refractivity (Wildman–Crippen MR) is 100 cm³/mol. The van der Waals surface area contributed by atoms with Crippen molar-refractivity contribution in [2.45, 2.75) is 38.3 Å². The molecule has 0 atom stereocenters. The maximum absolute atomic E-state index is 12.4. The van der Waals surface area contributed by atoms with Crippen LogP contribution in [0.5, 0.6) is 17.2 Å². The number of rotatable bonds is 7. The van der Waals surface area contributed by atoms with Crippen molar-refractivity contribution in [2.24, 2.45) is 0 Å². The highest BCUT2D eigenvalue weighted by Gasteiger charge is 2.16. The topological polar surface area (TPSA) is 56.8 Å². The van der Waals surface area contributed by atoms with Crippen molar-refractivity contribution in [3.05, 3.63) is 53.6 Å². The Kier molecular flexibility index (Phi) is 6.00. The standard InChI is InChI=1S/C21H25NO4/c1-24-19-11-12-20(25-2)16(13-19)14-22-21(23)15-7-9-18(10-8-15)26-17-5-3-4-6-17/h7-13,17H,3-6,14H2,1-2H3,(H,22,23). The summed E-state index contributed by atoms with van der Waals surface area (Å²) in [6.07, 6.45) is 5.02. The summed E-state index contributed by atoms with van der Waals surface area (Å²) in [5.41, 5.74) is 1.46. The molecule has 1 fully saturated rings. The molecule has 0 saturated heterocycles. The molecule has 138 valence electrons. The van der Waals surface area contributed by atoms with Crippen molar-refractivity contribution in [1.82, 2.24) is 5.32 Å². The lowest BCUT2D eigenvalue weighted by Gasteiger charge is -2.14. The molecule has 0 unspecified atom stereocenters. The zero-order valence-corrected chi connectivity index (χ0v) is 15.3. The third-order valence-corrected chi connectivity index (χ3v) is 4.65. The normalized spacial score (nSPS) is 14.1. The van der Waals surface area contributed by atoms with Gasteiger partial charge >= 0.3 is 0 Å². The second-order valence-electron chi connectivity index (χ2n) is 6.41. The highest BCUT2D eigenvalue weighted by molar-refractivity contribution is 5.94. The van der Waals surface area contributed by atoms with E-state index in [1.54, 1.807) is 26.4 Å². The first-order valence-corrected chi connectivity index (χ1v) is 8.95. The van der Waals surface area contributed by atoms with Crippen molar-refractivity contribution >= 4 is 5.91 Å². The molecule has 0 spiro atoms. The first kappa shape index (κ1) is 18.1. The van der Waals surface area contributed by atoms with Gasteiger partial charge in [0, 0.05) is 17.7 Å². The van der Waals surface area contributed by atoms with Crippen LogP contribution >= 0.6 is 0 Å². The summed E-state index contributed by atoms with van der Waals surface area (Å²) in [6.45, 7) is 0.361. The van der Waals surface area contributed by atoms with Crippen LogP contribution in [-0.2, 0) is 6.54 Å². The summed E-state index contributed by atoms with van der Waals surface area (Å²) in [7, 11) is 3.22. The quantitative estimate of drug-likeness (QED) is 0.817. The molecular weight excluding hydrogens is 330 g/mol. The number of amides is 1. The van der Waals surface area contributed by atoms with Gasteiger partial charge in [-0.25, -0.2) is 0 Å². The van der Waals surface area contributed by atoms with Crippen LogP contribution < -0.4 is 19.5 Å². The van der Waals surface area contributed by atoms with Gasteiger partial charge in [0.2, 0.25) is 0 Å². The molecule has 0 aromatic heterocycles. The molecule has 1 aliphatic rings. The molecule has 0 aliphatic heterocycles. The summed E-state index contributed by atoms with van der Waals surface area (Å²) >= 11 is 0. The summed E-state index contributed by atoms with van der Waals surface area (Å²) in [5.74, 6) is 2.13. The Bertz CT molecular complexity index is 736. The highest BCUT2D eigenvalue weighted by atomic mass is 16.5. The average Bonchev–Trinajstić information content (AvgIpc) is 3.19. The predicted octanol–water partition coefficient (Wildman–Crippen LogP) is 3.96. The minimum atomic E-state index is -0.137. The highest BCUT2D eigenvalue weighted by Crippen LogP contribution is 2.25. The number of nitrogens with one attached hydrogen (secondary N) is 1. The van der Waals surface area contributed by atoms with Crippen molar-refractivity contribution in [1.29, 1.82) is 0 Å². The molecule has 1 saturated carbocycles. The third kappa shape index (κ3) is 4.48. The van der Waals surface area contributed by atoms with E-state index in [2.05, 4.69) is 5.32 Å². The van der Waals surface area contributed by atoms with Gasteiger partial charge < -0.3 is 19.5 Å². The van der Waals surface area contributed by atoms with Gasteiger partial charge in [0.25, 0.3) is 5.91 Å². The molecule has 0 radical (unpaired) electrons. The van der Waals surface area contributed by atoms with Gasteiger partial charge in [-0.1, -0.05) is 0 Å². The number of benzene rings is 2. The fraction of sp³-hybridized carbons (Fsp3) is 0.381. The van der Waals surface area contributed by atoms with E-state index in [-0.39, 0.29) is 5.91 Å². The van der Waals surface area contributed by atoms with E-state index in [9.17, 15) is 4.79 Å². The number of carbonyl (C=O) groups is 1. The molecule has 5 nitrogen and oxygen atoms in total. The van der Waals surface area contributed by atoms with Crippen molar-refractivity contribution in [3.8, 4) is 17.2 Å². The number of methoxy groups -OCH3 is 2. The molecule has 0 bridgehead atoms. The molecule has 1 aliphatic carbocycles. The van der Waals surface area contributed by atoms with E-state index in [1.807, 2.05) is 30.3 Å². The Morgan fingerprint density at radius 3 is 2.35 bits per heavy atom. The van der Waals surface area contributed by atoms with E-state index < -0.39 is 0 Å². The lowest BCUT2D eigenvalue weighted by atomic mass is 10.1. The van der Waals surface area contributed by atoms with Gasteiger partial charge in [0.1, 0.15) is 17.2 Å². The van der Waals surface area contributed by atoms with Crippen molar-refractivity contribution in [3.63, 3.8) is 0 Å². The van der Waals surface area contributed by atoms with Crippen molar-refractivity contribution in [2.75, 3.05) is 14.2 Å². The molecule has 1 N–H and O–H groups in total. The van der Waals surface area contributed by atoms with E-state index in [0.29, 0.717) is 24.0 Å².